The Labute approximate surface area is 218 Å². The standard InChI is InChI=1S/C29H24N4O5/c1-16-11-12-22-20(14-16)29(27(36)31-22)25(24(34)17-6-4-7-18(15-17)33(37)38)28(23-10-5-13-32(23)29)19-8-2-3-9-21(19)30-26(28)35/h2-4,6-9,11-12,14-15,23,25H,5,10,13H2,1H3,(H,30,35)(H,31,36)/t23-,25-,28+,29-/m1/s1. The van der Waals surface area contributed by atoms with Crippen molar-refractivity contribution in [3.63, 3.8) is 0 Å². The second kappa shape index (κ2) is 7.58. The summed E-state index contributed by atoms with van der Waals surface area (Å²) in [6, 6.07) is 18.2. The van der Waals surface area contributed by atoms with Gasteiger partial charge in [0.05, 0.1) is 10.8 Å². The van der Waals surface area contributed by atoms with Gasteiger partial charge in [-0.3, -0.25) is 29.4 Å². The highest BCUT2D eigenvalue weighted by molar-refractivity contribution is 6.18. The van der Waals surface area contributed by atoms with Crippen molar-refractivity contribution >= 4 is 34.7 Å². The fraction of sp³-hybridized carbons (Fsp3) is 0.276. The number of nitrogens with one attached hydrogen (secondary N) is 2. The largest absolute Gasteiger partial charge is 0.325 e. The van der Waals surface area contributed by atoms with Crippen molar-refractivity contribution in [1.29, 1.82) is 0 Å². The molecule has 9 nitrogen and oxygen atoms in total. The van der Waals surface area contributed by atoms with Gasteiger partial charge in [-0.1, -0.05) is 48.0 Å². The average Bonchev–Trinajstić information content (AvgIpc) is 3.63. The second-order valence-electron chi connectivity index (χ2n) is 10.6. The monoisotopic (exact) mass is 508 g/mol. The van der Waals surface area contributed by atoms with Gasteiger partial charge in [-0.05, 0) is 44.0 Å². The van der Waals surface area contributed by atoms with Crippen LogP contribution in [0.25, 0.3) is 0 Å². The van der Waals surface area contributed by atoms with Crippen LogP contribution in [-0.4, -0.2) is 40.0 Å². The zero-order valence-electron chi connectivity index (χ0n) is 20.6. The Morgan fingerprint density at radius 1 is 0.974 bits per heavy atom. The number of rotatable bonds is 3. The molecule has 2 amide bonds. The van der Waals surface area contributed by atoms with E-state index in [9.17, 15) is 24.5 Å². The van der Waals surface area contributed by atoms with E-state index in [1.54, 1.807) is 0 Å². The normalized spacial score (nSPS) is 28.8. The van der Waals surface area contributed by atoms with E-state index < -0.39 is 33.6 Å². The minimum absolute atomic E-state index is 0.107. The predicted octanol–water partition coefficient (Wildman–Crippen LogP) is 3.92. The molecule has 4 heterocycles. The van der Waals surface area contributed by atoms with Gasteiger partial charge >= 0.3 is 0 Å². The smallest absolute Gasteiger partial charge is 0.270 e. The van der Waals surface area contributed by atoms with Gasteiger partial charge in [-0.15, -0.1) is 0 Å². The molecule has 4 aliphatic heterocycles. The number of fused-ring (bicyclic) bond motifs is 7. The van der Waals surface area contributed by atoms with Crippen molar-refractivity contribution in [2.45, 2.75) is 36.8 Å². The molecule has 7 rings (SSSR count). The third-order valence-corrected chi connectivity index (χ3v) is 8.88. The van der Waals surface area contributed by atoms with Crippen molar-refractivity contribution in [1.82, 2.24) is 4.90 Å². The zero-order chi connectivity index (χ0) is 26.4. The minimum atomic E-state index is -1.45. The van der Waals surface area contributed by atoms with Crippen LogP contribution >= 0.6 is 0 Å². The number of nitro benzene ring substituents is 1. The van der Waals surface area contributed by atoms with E-state index in [1.807, 2.05) is 49.4 Å². The Bertz CT molecular complexity index is 1600. The summed E-state index contributed by atoms with van der Waals surface area (Å²) in [5.41, 5.74) is 0.623. The highest BCUT2D eigenvalue weighted by atomic mass is 16.6. The van der Waals surface area contributed by atoms with Gasteiger partial charge in [0.25, 0.3) is 5.69 Å². The van der Waals surface area contributed by atoms with E-state index in [4.69, 9.17) is 0 Å². The Balaban J connectivity index is 1.58. The molecule has 0 bridgehead atoms. The van der Waals surface area contributed by atoms with Crippen LogP contribution in [0, 0.1) is 23.0 Å². The third kappa shape index (κ3) is 2.56. The Morgan fingerprint density at radius 2 is 1.74 bits per heavy atom. The van der Waals surface area contributed by atoms with Gasteiger partial charge in [-0.2, -0.15) is 0 Å². The van der Waals surface area contributed by atoms with Crippen LogP contribution in [0.5, 0.6) is 0 Å². The molecule has 3 aromatic rings. The van der Waals surface area contributed by atoms with Crippen LogP contribution in [-0.2, 0) is 20.5 Å². The number of ketones is 1. The first-order valence-electron chi connectivity index (χ1n) is 12.7. The lowest BCUT2D eigenvalue weighted by molar-refractivity contribution is -0.384. The Morgan fingerprint density at radius 3 is 2.55 bits per heavy atom. The number of carbonyl (C=O) groups excluding carboxylic acids is 3. The number of hydrogen-bond acceptors (Lipinski definition) is 6. The van der Waals surface area contributed by atoms with Gasteiger partial charge < -0.3 is 10.6 Å². The summed E-state index contributed by atoms with van der Waals surface area (Å²) < 4.78 is 0. The first-order valence-corrected chi connectivity index (χ1v) is 12.7. The summed E-state index contributed by atoms with van der Waals surface area (Å²) in [5, 5.41) is 17.6. The fourth-order valence-electron chi connectivity index (χ4n) is 7.60. The lowest BCUT2D eigenvalue weighted by atomic mass is 9.60. The van der Waals surface area contributed by atoms with Gasteiger partial charge in [0.15, 0.2) is 5.78 Å². The molecule has 0 unspecified atom stereocenters. The number of anilines is 2. The van der Waals surface area contributed by atoms with Gasteiger partial charge in [0, 0.05) is 40.7 Å². The molecule has 4 atom stereocenters. The molecular formula is C29H24N4O5. The molecule has 2 fully saturated rings. The molecule has 2 N–H and O–H groups in total. The van der Waals surface area contributed by atoms with Crippen molar-refractivity contribution in [2.24, 2.45) is 5.92 Å². The van der Waals surface area contributed by atoms with Crippen LogP contribution in [0.3, 0.4) is 0 Å². The first kappa shape index (κ1) is 22.8. The summed E-state index contributed by atoms with van der Waals surface area (Å²) in [4.78, 5) is 56.3. The summed E-state index contributed by atoms with van der Waals surface area (Å²) in [6.45, 7) is 2.47. The van der Waals surface area contributed by atoms with E-state index in [-0.39, 0.29) is 23.1 Å². The zero-order valence-corrected chi connectivity index (χ0v) is 20.6. The maximum absolute atomic E-state index is 14.8. The van der Waals surface area contributed by atoms with E-state index in [0.29, 0.717) is 35.5 Å². The number of amides is 2. The average molecular weight is 509 g/mol. The van der Waals surface area contributed by atoms with Crippen LogP contribution < -0.4 is 10.6 Å². The molecule has 0 aromatic heterocycles. The third-order valence-electron chi connectivity index (χ3n) is 8.88. The fourth-order valence-corrected chi connectivity index (χ4v) is 7.60. The summed E-state index contributed by atoms with van der Waals surface area (Å²) >= 11 is 0. The molecule has 0 aliphatic carbocycles. The van der Waals surface area contributed by atoms with Crippen molar-refractivity contribution in [2.75, 3.05) is 17.2 Å². The number of nitrogens with zero attached hydrogens (tertiary/aromatic N) is 2. The first-order chi connectivity index (χ1) is 18.3. The molecule has 38 heavy (non-hydrogen) atoms. The topological polar surface area (TPSA) is 122 Å². The summed E-state index contributed by atoms with van der Waals surface area (Å²) in [6.07, 6.45) is 1.41. The van der Waals surface area contributed by atoms with E-state index in [2.05, 4.69) is 15.5 Å². The molecule has 2 spiro atoms. The molecule has 9 heteroatoms. The maximum Gasteiger partial charge on any atom is 0.270 e. The van der Waals surface area contributed by atoms with Crippen molar-refractivity contribution in [3.05, 3.63) is 99.1 Å². The van der Waals surface area contributed by atoms with Crippen molar-refractivity contribution in [3.8, 4) is 0 Å². The van der Waals surface area contributed by atoms with Crippen LogP contribution in [0.4, 0.5) is 17.1 Å². The molecule has 4 aliphatic rings. The number of benzene rings is 3. The van der Waals surface area contributed by atoms with Crippen LogP contribution in [0.1, 0.15) is 39.9 Å². The minimum Gasteiger partial charge on any atom is -0.325 e. The van der Waals surface area contributed by atoms with E-state index in [0.717, 1.165) is 12.0 Å². The number of non-ortho nitro benzene ring substituents is 1. The van der Waals surface area contributed by atoms with Gasteiger partial charge in [0.2, 0.25) is 11.8 Å². The molecule has 0 saturated carbocycles. The Kier molecular flexibility index (Phi) is 4.55. The molecule has 190 valence electrons. The maximum atomic E-state index is 14.8. The second-order valence-corrected chi connectivity index (χ2v) is 10.6. The molecular weight excluding hydrogens is 484 g/mol. The number of hydrogen-bond donors (Lipinski definition) is 2. The Hall–Kier alpha value is -4.37. The molecule has 2 saturated heterocycles. The van der Waals surface area contributed by atoms with Crippen LogP contribution in [0.2, 0.25) is 0 Å². The van der Waals surface area contributed by atoms with Crippen LogP contribution in [0.15, 0.2) is 66.7 Å². The highest BCUT2D eigenvalue weighted by Gasteiger charge is 2.78. The number of nitro groups is 1. The number of aryl methyl sites for hydroxylation is 1. The van der Waals surface area contributed by atoms with Gasteiger partial charge in [-0.25, -0.2) is 0 Å². The predicted molar refractivity (Wildman–Crippen MR) is 139 cm³/mol. The summed E-state index contributed by atoms with van der Waals surface area (Å²) in [7, 11) is 0. The number of carbonyl (C=O) groups is 3. The number of Topliss-reactive ketones (excluding diaryl/α,β-unsaturated/α-hetero) is 1. The van der Waals surface area contributed by atoms with E-state index in [1.165, 1.54) is 24.3 Å². The van der Waals surface area contributed by atoms with E-state index >= 15 is 0 Å². The lowest BCUT2D eigenvalue weighted by Gasteiger charge is -2.38. The highest BCUT2D eigenvalue weighted by Crippen LogP contribution is 2.66. The molecule has 0 radical (unpaired) electrons. The lowest BCUT2D eigenvalue weighted by Crippen LogP contribution is -2.55. The SMILES string of the molecule is Cc1ccc2c(c1)[C@]1(C(=O)N2)[C@H](C(=O)c2cccc([N+](=O)[O-])c2)[C@@]2(C(=O)Nc3ccccc32)[C@H]2CCCN21. The van der Waals surface area contributed by atoms with Crippen molar-refractivity contribution < 1.29 is 19.3 Å². The molecule has 3 aromatic carbocycles. The summed E-state index contributed by atoms with van der Waals surface area (Å²) in [5.74, 6) is -2.26. The number of para-hydroxylation sites is 1. The quantitative estimate of drug-likeness (QED) is 0.314. The van der Waals surface area contributed by atoms with Gasteiger partial charge in [0.1, 0.15) is 11.0 Å².